The van der Waals surface area contributed by atoms with E-state index in [0.717, 1.165) is 24.2 Å². The molecule has 0 aliphatic carbocycles. The van der Waals surface area contributed by atoms with E-state index in [4.69, 9.17) is 0 Å². The number of aromatic nitrogens is 2. The van der Waals surface area contributed by atoms with Gasteiger partial charge >= 0.3 is 0 Å². The van der Waals surface area contributed by atoms with Crippen molar-refractivity contribution in [3.05, 3.63) is 17.5 Å². The lowest BCUT2D eigenvalue weighted by molar-refractivity contribution is 0.212. The highest BCUT2D eigenvalue weighted by Crippen LogP contribution is 2.16. The maximum atomic E-state index is 11.6. The van der Waals surface area contributed by atoms with Crippen molar-refractivity contribution >= 4 is 9.84 Å². The Morgan fingerprint density at radius 2 is 2.29 bits per heavy atom. The highest BCUT2D eigenvalue weighted by molar-refractivity contribution is 7.91. The summed E-state index contributed by atoms with van der Waals surface area (Å²) >= 11 is 0. The van der Waals surface area contributed by atoms with Gasteiger partial charge in [0.1, 0.15) is 0 Å². The molecular weight excluding hydrogens is 238 g/mol. The number of rotatable bonds is 2. The van der Waals surface area contributed by atoms with E-state index in [9.17, 15) is 8.42 Å². The van der Waals surface area contributed by atoms with Crippen molar-refractivity contribution in [1.29, 1.82) is 0 Å². The summed E-state index contributed by atoms with van der Waals surface area (Å²) in [5.74, 6) is 0.587. The first kappa shape index (κ1) is 12.6. The average molecular weight is 257 g/mol. The van der Waals surface area contributed by atoms with E-state index < -0.39 is 9.84 Å². The lowest BCUT2D eigenvalue weighted by Gasteiger charge is -2.25. The third-order valence-electron chi connectivity index (χ3n) is 3.47. The summed E-state index contributed by atoms with van der Waals surface area (Å²) < 4.78 is 23.2. The lowest BCUT2D eigenvalue weighted by atomic mass is 10.2. The molecule has 0 amide bonds. The van der Waals surface area contributed by atoms with Crippen LogP contribution in [0.25, 0.3) is 0 Å². The summed E-state index contributed by atoms with van der Waals surface area (Å²) in [6.45, 7) is 5.48. The second kappa shape index (κ2) is 4.78. The van der Waals surface area contributed by atoms with Gasteiger partial charge in [-0.05, 0) is 20.3 Å². The minimum atomic E-state index is -2.84. The van der Waals surface area contributed by atoms with Crippen LogP contribution in [0.2, 0.25) is 0 Å². The average Bonchev–Trinajstić information content (AvgIpc) is 2.61. The van der Waals surface area contributed by atoms with Gasteiger partial charge in [-0.25, -0.2) is 8.42 Å². The molecule has 1 fully saturated rings. The van der Waals surface area contributed by atoms with Crippen molar-refractivity contribution in [2.45, 2.75) is 32.9 Å². The topological polar surface area (TPSA) is 66.1 Å². The number of nitrogens with zero attached hydrogens (tertiary/aromatic N) is 2. The second-order valence-corrected chi connectivity index (χ2v) is 7.08. The molecule has 6 heteroatoms. The maximum absolute atomic E-state index is 11.6. The molecule has 0 radical (unpaired) electrons. The Labute approximate surface area is 102 Å². The van der Waals surface area contributed by atoms with E-state index >= 15 is 0 Å². The Kier molecular flexibility index (Phi) is 3.53. The molecule has 1 N–H and O–H groups in total. The fourth-order valence-corrected chi connectivity index (χ4v) is 3.52. The maximum Gasteiger partial charge on any atom is 0.151 e. The van der Waals surface area contributed by atoms with Gasteiger partial charge in [-0.2, -0.15) is 5.10 Å². The molecule has 17 heavy (non-hydrogen) atoms. The summed E-state index contributed by atoms with van der Waals surface area (Å²) in [6.07, 6.45) is 2.54. The van der Waals surface area contributed by atoms with Crippen LogP contribution < -0.4 is 0 Å². The molecule has 0 aromatic carbocycles. The van der Waals surface area contributed by atoms with Gasteiger partial charge < -0.3 is 0 Å². The first-order valence-electron chi connectivity index (χ1n) is 5.91. The zero-order valence-corrected chi connectivity index (χ0v) is 11.1. The molecule has 1 aromatic rings. The molecule has 1 saturated heterocycles. The predicted molar refractivity (Wildman–Crippen MR) is 66.5 cm³/mol. The molecule has 5 nitrogen and oxygen atoms in total. The second-order valence-electron chi connectivity index (χ2n) is 4.78. The summed E-state index contributed by atoms with van der Waals surface area (Å²) in [5.41, 5.74) is 2.21. The lowest BCUT2D eigenvalue weighted by Crippen LogP contribution is -2.33. The third-order valence-corrected chi connectivity index (χ3v) is 5.13. The predicted octanol–water partition coefficient (Wildman–Crippen LogP) is 0.727. The van der Waals surface area contributed by atoms with Crippen LogP contribution in [0.1, 0.15) is 24.6 Å². The van der Waals surface area contributed by atoms with Gasteiger partial charge in [-0.1, -0.05) is 0 Å². The van der Waals surface area contributed by atoms with Crippen LogP contribution >= 0.6 is 0 Å². The smallest absolute Gasteiger partial charge is 0.151 e. The Bertz CT molecular complexity index is 481. The van der Waals surface area contributed by atoms with Gasteiger partial charge in [0.25, 0.3) is 0 Å². The fraction of sp³-hybridized carbons (Fsp3) is 0.727. The number of sulfone groups is 1. The normalized spacial score (nSPS) is 25.6. The zero-order valence-electron chi connectivity index (χ0n) is 10.3. The van der Waals surface area contributed by atoms with Gasteiger partial charge in [-0.3, -0.25) is 10.00 Å². The minimum absolute atomic E-state index is 0.272. The van der Waals surface area contributed by atoms with E-state index in [1.165, 1.54) is 0 Å². The number of aryl methyl sites for hydroxylation is 1. The van der Waals surface area contributed by atoms with E-state index in [1.54, 1.807) is 0 Å². The van der Waals surface area contributed by atoms with Crippen LogP contribution in [0.3, 0.4) is 0 Å². The molecule has 1 aromatic heterocycles. The molecule has 0 spiro atoms. The van der Waals surface area contributed by atoms with Crippen LogP contribution in [0.4, 0.5) is 0 Å². The first-order valence-corrected chi connectivity index (χ1v) is 7.73. The summed E-state index contributed by atoms with van der Waals surface area (Å²) in [6, 6.07) is 0.307. The number of aromatic amines is 1. The van der Waals surface area contributed by atoms with Gasteiger partial charge in [0.05, 0.1) is 17.7 Å². The van der Waals surface area contributed by atoms with E-state index in [2.05, 4.69) is 22.0 Å². The molecule has 0 bridgehead atoms. The highest BCUT2D eigenvalue weighted by atomic mass is 32.2. The Hall–Kier alpha value is -0.880. The highest BCUT2D eigenvalue weighted by Gasteiger charge is 2.24. The van der Waals surface area contributed by atoms with Crippen LogP contribution in [-0.2, 0) is 16.4 Å². The molecule has 1 atom stereocenters. The molecule has 1 aliphatic heterocycles. The van der Waals surface area contributed by atoms with Gasteiger partial charge in [-0.15, -0.1) is 0 Å². The Morgan fingerprint density at radius 3 is 2.94 bits per heavy atom. The quantitative estimate of drug-likeness (QED) is 0.848. The van der Waals surface area contributed by atoms with E-state index in [0.29, 0.717) is 18.3 Å². The van der Waals surface area contributed by atoms with Crippen LogP contribution in [0, 0.1) is 6.92 Å². The van der Waals surface area contributed by atoms with Crippen molar-refractivity contribution < 1.29 is 8.42 Å². The summed E-state index contributed by atoms with van der Waals surface area (Å²) in [5, 5.41) is 6.90. The largest absolute Gasteiger partial charge is 0.295 e. The number of hydrogen-bond acceptors (Lipinski definition) is 4. The van der Waals surface area contributed by atoms with Crippen molar-refractivity contribution in [3.8, 4) is 0 Å². The zero-order chi connectivity index (χ0) is 12.5. The molecule has 2 heterocycles. The molecule has 1 unspecified atom stereocenters. The number of H-pyrrole nitrogens is 1. The fourth-order valence-electron chi connectivity index (χ4n) is 2.10. The molecular formula is C11H19N3O2S. The minimum Gasteiger partial charge on any atom is -0.295 e. The van der Waals surface area contributed by atoms with E-state index in [-0.39, 0.29) is 5.75 Å². The van der Waals surface area contributed by atoms with Crippen LogP contribution in [0.5, 0.6) is 0 Å². The van der Waals surface area contributed by atoms with Crippen molar-refractivity contribution in [1.82, 2.24) is 15.1 Å². The van der Waals surface area contributed by atoms with Crippen molar-refractivity contribution in [2.24, 2.45) is 0 Å². The Balaban J connectivity index is 2.08. The number of hydrogen-bond donors (Lipinski definition) is 1. The van der Waals surface area contributed by atoms with Crippen molar-refractivity contribution in [3.63, 3.8) is 0 Å². The van der Waals surface area contributed by atoms with Gasteiger partial charge in [0.2, 0.25) is 0 Å². The molecule has 96 valence electrons. The van der Waals surface area contributed by atoms with E-state index in [1.807, 2.05) is 13.1 Å². The standard InChI is InChI=1S/C11H19N3O2S/c1-9-3-5-17(15,16)6-4-14(9)8-11-7-12-13-10(11)2/h7,9H,3-6,8H2,1-2H3,(H,12,13). The summed E-state index contributed by atoms with van der Waals surface area (Å²) in [7, 11) is -2.84. The molecule has 2 rings (SSSR count). The monoisotopic (exact) mass is 257 g/mol. The Morgan fingerprint density at radius 1 is 1.53 bits per heavy atom. The van der Waals surface area contributed by atoms with Gasteiger partial charge in [0.15, 0.2) is 9.84 Å². The number of nitrogens with one attached hydrogen (secondary N) is 1. The SMILES string of the molecule is Cc1[nH]ncc1CN1CCS(=O)(=O)CCC1C. The molecule has 1 aliphatic rings. The molecule has 0 saturated carbocycles. The van der Waals surface area contributed by atoms with Crippen LogP contribution in [-0.4, -0.2) is 47.6 Å². The van der Waals surface area contributed by atoms with Gasteiger partial charge in [0, 0.05) is 30.4 Å². The van der Waals surface area contributed by atoms with Crippen LogP contribution in [0.15, 0.2) is 6.20 Å². The van der Waals surface area contributed by atoms with Crippen molar-refractivity contribution in [2.75, 3.05) is 18.1 Å². The summed E-state index contributed by atoms with van der Waals surface area (Å²) in [4.78, 5) is 2.22. The first-order chi connectivity index (χ1) is 7.98. The third kappa shape index (κ3) is 3.07.